The minimum atomic E-state index is -0.442. The second-order valence-electron chi connectivity index (χ2n) is 4.66. The molecule has 0 aromatic heterocycles. The van der Waals surface area contributed by atoms with Gasteiger partial charge in [-0.15, -0.1) is 0 Å². The quantitative estimate of drug-likeness (QED) is 0.652. The van der Waals surface area contributed by atoms with Crippen LogP contribution in [-0.4, -0.2) is 18.7 Å². The molecule has 0 saturated heterocycles. The minimum Gasteiger partial charge on any atom is -0.484 e. The van der Waals surface area contributed by atoms with Gasteiger partial charge >= 0.3 is 0 Å². The predicted molar refractivity (Wildman–Crippen MR) is 88.8 cm³/mol. The Morgan fingerprint density at radius 3 is 2.74 bits per heavy atom. The van der Waals surface area contributed by atoms with Crippen LogP contribution in [0, 0.1) is 12.7 Å². The van der Waals surface area contributed by atoms with Gasteiger partial charge in [0.2, 0.25) is 0 Å². The number of carbonyl (C=O) groups excluding carboxylic acids is 1. The molecule has 2 aromatic rings. The lowest BCUT2D eigenvalue weighted by Crippen LogP contribution is -2.24. The number of halogens is 3. The van der Waals surface area contributed by atoms with Crippen LogP contribution in [0.1, 0.15) is 11.1 Å². The number of nitrogens with zero attached hydrogens (tertiary/aromatic N) is 1. The van der Waals surface area contributed by atoms with E-state index >= 15 is 0 Å². The van der Waals surface area contributed by atoms with E-state index in [0.29, 0.717) is 16.3 Å². The molecule has 23 heavy (non-hydrogen) atoms. The summed E-state index contributed by atoms with van der Waals surface area (Å²) in [5.41, 5.74) is 3.64. The summed E-state index contributed by atoms with van der Waals surface area (Å²) in [5.74, 6) is -0.345. The van der Waals surface area contributed by atoms with Crippen LogP contribution in [0.15, 0.2) is 41.5 Å². The van der Waals surface area contributed by atoms with Crippen LogP contribution in [-0.2, 0) is 4.79 Å². The van der Waals surface area contributed by atoms with E-state index in [1.165, 1.54) is 18.3 Å². The first kappa shape index (κ1) is 17.2. The number of ether oxygens (including phenoxy) is 1. The molecule has 0 spiro atoms. The Bertz CT molecular complexity index is 751. The Balaban J connectivity index is 1.85. The summed E-state index contributed by atoms with van der Waals surface area (Å²) < 4.78 is 18.2. The molecule has 0 aliphatic heterocycles. The third kappa shape index (κ3) is 5.23. The Labute approximate surface area is 142 Å². The maximum atomic E-state index is 12.9. The fourth-order valence-corrected chi connectivity index (χ4v) is 2.00. The molecule has 0 unspecified atom stereocenters. The van der Waals surface area contributed by atoms with Crippen molar-refractivity contribution in [2.24, 2.45) is 5.10 Å². The molecule has 0 radical (unpaired) electrons. The van der Waals surface area contributed by atoms with E-state index in [9.17, 15) is 9.18 Å². The van der Waals surface area contributed by atoms with Crippen molar-refractivity contribution < 1.29 is 13.9 Å². The SMILES string of the molecule is Cc1cc(OCC(=O)N/N=C/c2ccc(F)cc2Cl)ccc1Cl. The number of hydrazone groups is 1. The van der Waals surface area contributed by atoms with Crippen LogP contribution in [0.2, 0.25) is 10.0 Å². The zero-order chi connectivity index (χ0) is 16.8. The molecule has 120 valence electrons. The topological polar surface area (TPSA) is 50.7 Å². The van der Waals surface area contributed by atoms with E-state index in [-0.39, 0.29) is 11.6 Å². The summed E-state index contributed by atoms with van der Waals surface area (Å²) >= 11 is 11.7. The van der Waals surface area contributed by atoms with Gasteiger partial charge in [-0.1, -0.05) is 23.2 Å². The average Bonchev–Trinajstić information content (AvgIpc) is 2.50. The predicted octanol–water partition coefficient (Wildman–Crippen LogP) is 3.97. The van der Waals surface area contributed by atoms with Gasteiger partial charge in [-0.3, -0.25) is 4.79 Å². The second kappa shape index (κ2) is 7.94. The maximum absolute atomic E-state index is 12.9. The van der Waals surface area contributed by atoms with Gasteiger partial charge in [0.05, 0.1) is 11.2 Å². The van der Waals surface area contributed by atoms with Crippen LogP contribution in [0.4, 0.5) is 4.39 Å². The normalized spacial score (nSPS) is 10.8. The molecule has 0 fully saturated rings. The third-order valence-electron chi connectivity index (χ3n) is 2.85. The Kier molecular flexibility index (Phi) is 5.96. The number of hydrogen-bond acceptors (Lipinski definition) is 3. The lowest BCUT2D eigenvalue weighted by molar-refractivity contribution is -0.123. The van der Waals surface area contributed by atoms with Crippen molar-refractivity contribution in [2.45, 2.75) is 6.92 Å². The van der Waals surface area contributed by atoms with Crippen LogP contribution in [0.3, 0.4) is 0 Å². The standard InChI is InChI=1S/C16H13Cl2FN2O2/c1-10-6-13(4-5-14(10)17)23-9-16(22)21-20-8-11-2-3-12(19)7-15(11)18/h2-8H,9H2,1H3,(H,21,22)/b20-8+. The largest absolute Gasteiger partial charge is 0.484 e. The summed E-state index contributed by atoms with van der Waals surface area (Å²) in [4.78, 5) is 11.6. The number of carbonyl (C=O) groups is 1. The van der Waals surface area contributed by atoms with Crippen molar-refractivity contribution in [3.05, 3.63) is 63.4 Å². The van der Waals surface area contributed by atoms with Gasteiger partial charge in [-0.25, -0.2) is 9.82 Å². The van der Waals surface area contributed by atoms with Gasteiger partial charge in [-0.2, -0.15) is 5.10 Å². The van der Waals surface area contributed by atoms with E-state index in [1.807, 2.05) is 6.92 Å². The van der Waals surface area contributed by atoms with Crippen molar-refractivity contribution in [3.63, 3.8) is 0 Å². The number of nitrogens with one attached hydrogen (secondary N) is 1. The summed E-state index contributed by atoms with van der Waals surface area (Å²) in [7, 11) is 0. The first-order chi connectivity index (χ1) is 11.0. The molecule has 4 nitrogen and oxygen atoms in total. The molecule has 2 aromatic carbocycles. The number of benzene rings is 2. The van der Waals surface area contributed by atoms with E-state index in [1.54, 1.807) is 18.2 Å². The number of hydrogen-bond donors (Lipinski definition) is 1. The Hall–Kier alpha value is -2.11. The first-order valence-corrected chi connectivity index (χ1v) is 7.37. The monoisotopic (exact) mass is 354 g/mol. The minimum absolute atomic E-state index is 0.199. The molecular weight excluding hydrogens is 342 g/mol. The van der Waals surface area contributed by atoms with E-state index in [2.05, 4.69) is 10.5 Å². The van der Waals surface area contributed by atoms with E-state index in [0.717, 1.165) is 11.6 Å². The first-order valence-electron chi connectivity index (χ1n) is 6.61. The third-order valence-corrected chi connectivity index (χ3v) is 3.61. The Morgan fingerprint density at radius 2 is 2.04 bits per heavy atom. The van der Waals surface area contributed by atoms with Crippen LogP contribution >= 0.6 is 23.2 Å². The van der Waals surface area contributed by atoms with Crippen molar-refractivity contribution in [3.8, 4) is 5.75 Å². The lowest BCUT2D eigenvalue weighted by atomic mass is 10.2. The zero-order valence-corrected chi connectivity index (χ0v) is 13.7. The van der Waals surface area contributed by atoms with Crippen molar-refractivity contribution in [1.29, 1.82) is 0 Å². The van der Waals surface area contributed by atoms with E-state index < -0.39 is 11.7 Å². The maximum Gasteiger partial charge on any atom is 0.277 e. The van der Waals surface area contributed by atoms with Gasteiger partial charge < -0.3 is 4.74 Å². The van der Waals surface area contributed by atoms with Crippen molar-refractivity contribution in [1.82, 2.24) is 5.43 Å². The van der Waals surface area contributed by atoms with Crippen molar-refractivity contribution in [2.75, 3.05) is 6.61 Å². The van der Waals surface area contributed by atoms with Gasteiger partial charge in [0.25, 0.3) is 5.91 Å². The van der Waals surface area contributed by atoms with Gasteiger partial charge in [0, 0.05) is 10.6 Å². The fourth-order valence-electron chi connectivity index (χ4n) is 1.67. The molecule has 1 amide bonds. The van der Waals surface area contributed by atoms with Gasteiger partial charge in [-0.05, 0) is 48.9 Å². The molecule has 0 aliphatic carbocycles. The highest BCUT2D eigenvalue weighted by Crippen LogP contribution is 2.20. The lowest BCUT2D eigenvalue weighted by Gasteiger charge is -2.06. The highest BCUT2D eigenvalue weighted by atomic mass is 35.5. The zero-order valence-electron chi connectivity index (χ0n) is 12.1. The highest BCUT2D eigenvalue weighted by Gasteiger charge is 2.04. The number of aryl methyl sites for hydroxylation is 1. The average molecular weight is 355 g/mol. The molecule has 1 N–H and O–H groups in total. The number of amides is 1. The van der Waals surface area contributed by atoms with Gasteiger partial charge in [0.15, 0.2) is 6.61 Å². The molecule has 0 saturated carbocycles. The molecule has 0 aliphatic rings. The molecule has 7 heteroatoms. The summed E-state index contributed by atoms with van der Waals surface area (Å²) in [6.45, 7) is 1.64. The molecule has 2 rings (SSSR count). The smallest absolute Gasteiger partial charge is 0.277 e. The Morgan fingerprint density at radius 1 is 1.26 bits per heavy atom. The van der Waals surface area contributed by atoms with E-state index in [4.69, 9.17) is 27.9 Å². The van der Waals surface area contributed by atoms with Crippen molar-refractivity contribution >= 4 is 35.3 Å². The fraction of sp³-hybridized carbons (Fsp3) is 0.125. The van der Waals surface area contributed by atoms with Crippen LogP contribution < -0.4 is 10.2 Å². The molecule has 0 heterocycles. The molecule has 0 bridgehead atoms. The summed E-state index contributed by atoms with van der Waals surface area (Å²) in [6.07, 6.45) is 1.33. The van der Waals surface area contributed by atoms with Gasteiger partial charge in [0.1, 0.15) is 11.6 Å². The molecular formula is C16H13Cl2FN2O2. The summed E-state index contributed by atoms with van der Waals surface area (Å²) in [5, 5.41) is 4.58. The van der Waals surface area contributed by atoms with Crippen LogP contribution in [0.5, 0.6) is 5.75 Å². The van der Waals surface area contributed by atoms with Crippen LogP contribution in [0.25, 0.3) is 0 Å². The second-order valence-corrected chi connectivity index (χ2v) is 5.47. The number of rotatable bonds is 5. The highest BCUT2D eigenvalue weighted by molar-refractivity contribution is 6.33. The molecule has 0 atom stereocenters. The summed E-state index contributed by atoms with van der Waals surface area (Å²) in [6, 6.07) is 8.97.